The van der Waals surface area contributed by atoms with Crippen LogP contribution in [0.1, 0.15) is 57.3 Å². The van der Waals surface area contributed by atoms with E-state index in [1.807, 2.05) is 12.1 Å². The standard InChI is InChI=1S/C25H35NO3Si/c1-25(2,3)30(4,5)29-24(21-9-7-6-8-10-21)22-14-11-20(18-22)17-19-12-15-23(16-13-19)26(27)28/h6-10,12-13,15-16,20,22,24H,11,14,17-18H2,1-5H3/t20-,22+,24-/m1/s1. The van der Waals surface area contributed by atoms with E-state index in [0.717, 1.165) is 12.8 Å². The first-order valence-corrected chi connectivity index (χ1v) is 13.9. The van der Waals surface area contributed by atoms with Crippen molar-refractivity contribution < 1.29 is 9.35 Å². The van der Waals surface area contributed by atoms with Crippen LogP contribution in [-0.4, -0.2) is 13.2 Å². The third kappa shape index (κ3) is 5.38. The summed E-state index contributed by atoms with van der Waals surface area (Å²) in [5, 5.41) is 11.1. The Morgan fingerprint density at radius 3 is 2.27 bits per heavy atom. The average molecular weight is 426 g/mol. The molecule has 4 nitrogen and oxygen atoms in total. The molecule has 0 radical (unpaired) electrons. The molecule has 0 aromatic heterocycles. The number of nitrogens with zero attached hydrogens (tertiary/aromatic N) is 1. The monoisotopic (exact) mass is 425 g/mol. The molecule has 3 rings (SSSR count). The van der Waals surface area contributed by atoms with Crippen LogP contribution in [0.5, 0.6) is 0 Å². The first-order chi connectivity index (χ1) is 14.1. The first kappa shape index (κ1) is 22.7. The summed E-state index contributed by atoms with van der Waals surface area (Å²) in [5.41, 5.74) is 2.64. The molecular weight excluding hydrogens is 390 g/mol. The van der Waals surface area contributed by atoms with Crippen LogP contribution in [0.2, 0.25) is 18.1 Å². The fourth-order valence-corrected chi connectivity index (χ4v) is 5.55. The van der Waals surface area contributed by atoms with Gasteiger partial charge in [-0.3, -0.25) is 10.1 Å². The van der Waals surface area contributed by atoms with Gasteiger partial charge < -0.3 is 4.43 Å². The highest BCUT2D eigenvalue weighted by Gasteiger charge is 2.42. The highest BCUT2D eigenvalue weighted by Crippen LogP contribution is 2.47. The summed E-state index contributed by atoms with van der Waals surface area (Å²) in [5.74, 6) is 1.12. The molecule has 0 saturated heterocycles. The molecule has 1 aliphatic carbocycles. The first-order valence-electron chi connectivity index (χ1n) is 11.0. The van der Waals surface area contributed by atoms with Crippen molar-refractivity contribution in [2.45, 2.75) is 70.7 Å². The minimum atomic E-state index is -1.90. The summed E-state index contributed by atoms with van der Waals surface area (Å²) in [6.07, 6.45) is 4.63. The van der Waals surface area contributed by atoms with Gasteiger partial charge in [0.15, 0.2) is 8.32 Å². The Morgan fingerprint density at radius 1 is 1.07 bits per heavy atom. The summed E-state index contributed by atoms with van der Waals surface area (Å²) in [6, 6.07) is 17.8. The summed E-state index contributed by atoms with van der Waals surface area (Å²) >= 11 is 0. The quantitative estimate of drug-likeness (QED) is 0.265. The predicted octanol–water partition coefficient (Wildman–Crippen LogP) is 7.32. The zero-order valence-corrected chi connectivity index (χ0v) is 19.9. The number of non-ortho nitro benzene ring substituents is 1. The van der Waals surface area contributed by atoms with Crippen LogP contribution in [0.25, 0.3) is 0 Å². The predicted molar refractivity (Wildman–Crippen MR) is 125 cm³/mol. The zero-order valence-electron chi connectivity index (χ0n) is 18.9. The van der Waals surface area contributed by atoms with E-state index in [4.69, 9.17) is 4.43 Å². The molecule has 162 valence electrons. The molecule has 1 aliphatic rings. The average Bonchev–Trinajstić information content (AvgIpc) is 3.14. The van der Waals surface area contributed by atoms with Crippen molar-refractivity contribution in [1.29, 1.82) is 0 Å². The number of hydrogen-bond acceptors (Lipinski definition) is 3. The van der Waals surface area contributed by atoms with E-state index in [1.54, 1.807) is 12.1 Å². The second-order valence-electron chi connectivity index (χ2n) is 10.3. The Labute approximate surface area is 181 Å². The van der Waals surface area contributed by atoms with Gasteiger partial charge in [-0.2, -0.15) is 0 Å². The number of nitro benzene ring substituents is 1. The minimum Gasteiger partial charge on any atom is -0.410 e. The molecule has 0 unspecified atom stereocenters. The van der Waals surface area contributed by atoms with Gasteiger partial charge in [0.25, 0.3) is 5.69 Å². The fraction of sp³-hybridized carbons (Fsp3) is 0.520. The van der Waals surface area contributed by atoms with Crippen LogP contribution in [0.3, 0.4) is 0 Å². The third-order valence-corrected chi connectivity index (χ3v) is 11.5. The molecule has 5 heteroatoms. The van der Waals surface area contributed by atoms with E-state index in [1.165, 1.54) is 24.0 Å². The Hall–Kier alpha value is -1.98. The van der Waals surface area contributed by atoms with Crippen molar-refractivity contribution in [3.63, 3.8) is 0 Å². The van der Waals surface area contributed by atoms with Crippen LogP contribution in [0.15, 0.2) is 54.6 Å². The van der Waals surface area contributed by atoms with Gasteiger partial charge in [-0.05, 0) is 66.8 Å². The van der Waals surface area contributed by atoms with E-state index >= 15 is 0 Å². The van der Waals surface area contributed by atoms with E-state index in [9.17, 15) is 10.1 Å². The van der Waals surface area contributed by atoms with Crippen molar-refractivity contribution >= 4 is 14.0 Å². The molecule has 30 heavy (non-hydrogen) atoms. The molecule has 1 fully saturated rings. The SMILES string of the molecule is CC(C)(C)[Si](C)(C)O[C@H](c1ccccc1)[C@H]1CC[C@H](Cc2ccc([N+](=O)[O-])cc2)C1. The van der Waals surface area contributed by atoms with Crippen LogP contribution in [0, 0.1) is 22.0 Å². The van der Waals surface area contributed by atoms with Gasteiger partial charge in [-0.15, -0.1) is 0 Å². The van der Waals surface area contributed by atoms with E-state index in [2.05, 4.69) is 64.2 Å². The topological polar surface area (TPSA) is 52.4 Å². The summed E-state index contributed by atoms with van der Waals surface area (Å²) < 4.78 is 6.98. The highest BCUT2D eigenvalue weighted by atomic mass is 28.4. The molecular formula is C25H35NO3Si. The van der Waals surface area contributed by atoms with Crippen LogP contribution in [-0.2, 0) is 10.8 Å². The van der Waals surface area contributed by atoms with Gasteiger partial charge in [-0.1, -0.05) is 63.2 Å². The summed E-state index contributed by atoms with van der Waals surface area (Å²) in [7, 11) is -1.90. The second-order valence-corrected chi connectivity index (χ2v) is 15.0. The number of hydrogen-bond donors (Lipinski definition) is 0. The Morgan fingerprint density at radius 2 is 1.70 bits per heavy atom. The van der Waals surface area contributed by atoms with Gasteiger partial charge in [0.05, 0.1) is 11.0 Å². The van der Waals surface area contributed by atoms with Gasteiger partial charge >= 0.3 is 0 Å². The molecule has 0 amide bonds. The third-order valence-electron chi connectivity index (χ3n) is 7.04. The summed E-state index contributed by atoms with van der Waals surface area (Å²) in [6.45, 7) is 11.6. The maximum atomic E-state index is 10.9. The van der Waals surface area contributed by atoms with Gasteiger partial charge in [-0.25, -0.2) is 0 Å². The number of benzene rings is 2. The lowest BCUT2D eigenvalue weighted by molar-refractivity contribution is -0.384. The molecule has 1 saturated carbocycles. The molecule has 0 N–H and O–H groups in total. The maximum absolute atomic E-state index is 10.9. The van der Waals surface area contributed by atoms with Crippen LogP contribution < -0.4 is 0 Å². The molecule has 0 bridgehead atoms. The van der Waals surface area contributed by atoms with E-state index < -0.39 is 8.32 Å². The zero-order chi connectivity index (χ0) is 21.9. The van der Waals surface area contributed by atoms with E-state index in [-0.39, 0.29) is 21.8 Å². The van der Waals surface area contributed by atoms with Crippen molar-refractivity contribution in [2.24, 2.45) is 11.8 Å². The normalized spacial score (nSPS) is 20.8. The molecule has 0 spiro atoms. The molecule has 2 aromatic rings. The van der Waals surface area contributed by atoms with Crippen LogP contribution in [0.4, 0.5) is 5.69 Å². The second kappa shape index (κ2) is 9.02. The number of nitro groups is 1. The largest absolute Gasteiger partial charge is 0.410 e. The molecule has 3 atom stereocenters. The van der Waals surface area contributed by atoms with E-state index in [0.29, 0.717) is 11.8 Å². The number of rotatable bonds is 7. The molecule has 0 heterocycles. The lowest BCUT2D eigenvalue weighted by Gasteiger charge is -2.41. The van der Waals surface area contributed by atoms with Gasteiger partial charge in [0.1, 0.15) is 0 Å². The minimum absolute atomic E-state index is 0.147. The summed E-state index contributed by atoms with van der Waals surface area (Å²) in [4.78, 5) is 10.6. The van der Waals surface area contributed by atoms with Crippen molar-refractivity contribution in [2.75, 3.05) is 0 Å². The van der Waals surface area contributed by atoms with Crippen molar-refractivity contribution in [3.05, 3.63) is 75.8 Å². The maximum Gasteiger partial charge on any atom is 0.269 e. The smallest absolute Gasteiger partial charge is 0.269 e. The van der Waals surface area contributed by atoms with Crippen LogP contribution >= 0.6 is 0 Å². The Balaban J connectivity index is 1.73. The van der Waals surface area contributed by atoms with Gasteiger partial charge in [0.2, 0.25) is 0 Å². The molecule has 2 aromatic carbocycles. The highest BCUT2D eigenvalue weighted by molar-refractivity contribution is 6.74. The fourth-order valence-electron chi connectivity index (χ4n) is 4.23. The lowest BCUT2D eigenvalue weighted by atomic mass is 9.91. The van der Waals surface area contributed by atoms with Crippen molar-refractivity contribution in [3.8, 4) is 0 Å². The molecule has 0 aliphatic heterocycles. The Kier molecular flexibility index (Phi) is 6.83. The van der Waals surface area contributed by atoms with Gasteiger partial charge in [0, 0.05) is 12.1 Å². The lowest BCUT2D eigenvalue weighted by Crippen LogP contribution is -2.43. The van der Waals surface area contributed by atoms with Crippen molar-refractivity contribution in [1.82, 2.24) is 0 Å². The Bertz CT molecular complexity index is 843.